The van der Waals surface area contributed by atoms with E-state index in [9.17, 15) is 0 Å². The molecule has 3 aromatic rings. The molecule has 0 amide bonds. The fraction of sp³-hybridized carbons (Fsp3) is 0.333. The lowest BCUT2D eigenvalue weighted by molar-refractivity contribution is 0.625. The Labute approximate surface area is 150 Å². The Kier molecular flexibility index (Phi) is 4.74. The molecule has 4 rings (SSSR count). The average Bonchev–Trinajstić information content (AvgIpc) is 3.05. The molecule has 0 saturated heterocycles. The summed E-state index contributed by atoms with van der Waals surface area (Å²) in [5.41, 5.74) is 7.26. The Bertz CT molecular complexity index is 870. The molecule has 1 unspecified atom stereocenters. The molecule has 1 aliphatic carbocycles. The number of rotatable bonds is 5. The molecule has 1 aromatic heterocycles. The van der Waals surface area contributed by atoms with E-state index in [1.807, 2.05) is 0 Å². The lowest BCUT2D eigenvalue weighted by Gasteiger charge is -2.23. The minimum absolute atomic E-state index is 0.675. The van der Waals surface area contributed by atoms with Crippen LogP contribution in [0.5, 0.6) is 0 Å². The number of aromatic amines is 1. The fourth-order valence-corrected chi connectivity index (χ4v) is 4.19. The Morgan fingerprint density at radius 3 is 2.56 bits per heavy atom. The SMILES string of the molecule is CCCCc1[nH]c2ccccc2c1C1=CCC(c2ccccc2)CC1. The zero-order valence-corrected chi connectivity index (χ0v) is 15.1. The molecule has 0 aliphatic heterocycles. The van der Waals surface area contributed by atoms with Gasteiger partial charge in [-0.05, 0) is 55.2 Å². The predicted octanol–water partition coefficient (Wildman–Crippen LogP) is 6.86. The van der Waals surface area contributed by atoms with E-state index in [0.717, 1.165) is 12.8 Å². The number of unbranched alkanes of at least 4 members (excludes halogenated alkanes) is 1. The molecule has 0 fully saturated rings. The van der Waals surface area contributed by atoms with Gasteiger partial charge in [-0.1, -0.05) is 68.0 Å². The van der Waals surface area contributed by atoms with Gasteiger partial charge in [0.1, 0.15) is 0 Å². The molecule has 1 N–H and O–H groups in total. The third-order valence-corrected chi connectivity index (χ3v) is 5.57. The molecule has 25 heavy (non-hydrogen) atoms. The van der Waals surface area contributed by atoms with E-state index < -0.39 is 0 Å². The summed E-state index contributed by atoms with van der Waals surface area (Å²) >= 11 is 0. The van der Waals surface area contributed by atoms with Gasteiger partial charge in [0.2, 0.25) is 0 Å². The van der Waals surface area contributed by atoms with E-state index in [-0.39, 0.29) is 0 Å². The average molecular weight is 329 g/mol. The number of benzene rings is 2. The van der Waals surface area contributed by atoms with E-state index >= 15 is 0 Å². The zero-order valence-electron chi connectivity index (χ0n) is 15.1. The first-order chi connectivity index (χ1) is 12.4. The van der Waals surface area contributed by atoms with Crippen LogP contribution in [0.15, 0.2) is 60.7 Å². The standard InChI is InChI=1S/C24H27N/c1-2-3-12-23-24(21-11-7-8-13-22(21)25-23)20-16-14-19(15-17-20)18-9-5-4-6-10-18/h4-11,13,16,19,25H,2-3,12,14-15,17H2,1H3. The molecule has 128 valence electrons. The topological polar surface area (TPSA) is 15.8 Å². The maximum absolute atomic E-state index is 3.70. The summed E-state index contributed by atoms with van der Waals surface area (Å²) in [6.45, 7) is 2.27. The van der Waals surface area contributed by atoms with Crippen LogP contribution < -0.4 is 0 Å². The van der Waals surface area contributed by atoms with E-state index in [2.05, 4.69) is 72.6 Å². The second-order valence-corrected chi connectivity index (χ2v) is 7.24. The summed E-state index contributed by atoms with van der Waals surface area (Å²) in [5.74, 6) is 0.675. The highest BCUT2D eigenvalue weighted by Gasteiger charge is 2.21. The van der Waals surface area contributed by atoms with Crippen molar-refractivity contribution in [3.8, 4) is 0 Å². The Hall–Kier alpha value is -2.28. The highest BCUT2D eigenvalue weighted by atomic mass is 14.7. The van der Waals surface area contributed by atoms with Crippen LogP contribution in [0.3, 0.4) is 0 Å². The Morgan fingerprint density at radius 2 is 1.80 bits per heavy atom. The smallest absolute Gasteiger partial charge is 0.0462 e. The summed E-state index contributed by atoms with van der Waals surface area (Å²) in [6.07, 6.45) is 9.74. The minimum Gasteiger partial charge on any atom is -0.358 e. The number of allylic oxidation sites excluding steroid dienone is 2. The third kappa shape index (κ3) is 3.28. The first-order valence-corrected chi connectivity index (χ1v) is 9.70. The van der Waals surface area contributed by atoms with Crippen molar-refractivity contribution in [1.82, 2.24) is 4.98 Å². The number of nitrogens with one attached hydrogen (secondary N) is 1. The van der Waals surface area contributed by atoms with Crippen molar-refractivity contribution >= 4 is 16.5 Å². The van der Waals surface area contributed by atoms with Gasteiger partial charge >= 0.3 is 0 Å². The van der Waals surface area contributed by atoms with Crippen molar-refractivity contribution in [2.75, 3.05) is 0 Å². The van der Waals surface area contributed by atoms with Gasteiger partial charge in [0.15, 0.2) is 0 Å². The molecule has 0 radical (unpaired) electrons. The highest BCUT2D eigenvalue weighted by Crippen LogP contribution is 2.39. The number of aromatic nitrogens is 1. The van der Waals surface area contributed by atoms with E-state index in [1.54, 1.807) is 5.57 Å². The van der Waals surface area contributed by atoms with Crippen molar-refractivity contribution in [2.24, 2.45) is 0 Å². The highest BCUT2D eigenvalue weighted by molar-refractivity contribution is 5.94. The summed E-state index contributed by atoms with van der Waals surface area (Å²) in [6, 6.07) is 19.8. The van der Waals surface area contributed by atoms with E-state index in [4.69, 9.17) is 0 Å². The van der Waals surface area contributed by atoms with Gasteiger partial charge in [0.25, 0.3) is 0 Å². The van der Waals surface area contributed by atoms with Crippen molar-refractivity contribution in [3.63, 3.8) is 0 Å². The number of para-hydroxylation sites is 1. The molecule has 1 aliphatic rings. The van der Waals surface area contributed by atoms with Crippen LogP contribution in [0.4, 0.5) is 0 Å². The molecule has 0 saturated carbocycles. The number of hydrogen-bond acceptors (Lipinski definition) is 0. The van der Waals surface area contributed by atoms with Crippen LogP contribution in [-0.4, -0.2) is 4.98 Å². The van der Waals surface area contributed by atoms with Crippen molar-refractivity contribution in [1.29, 1.82) is 0 Å². The summed E-state index contributed by atoms with van der Waals surface area (Å²) in [4.78, 5) is 3.70. The van der Waals surface area contributed by atoms with Gasteiger partial charge in [-0.15, -0.1) is 0 Å². The van der Waals surface area contributed by atoms with Gasteiger partial charge < -0.3 is 4.98 Å². The molecule has 1 heterocycles. The molecule has 2 aromatic carbocycles. The molecule has 1 nitrogen and oxygen atoms in total. The number of H-pyrrole nitrogens is 1. The molecule has 1 heteroatoms. The quantitative estimate of drug-likeness (QED) is 0.526. The number of aryl methyl sites for hydroxylation is 1. The summed E-state index contributed by atoms with van der Waals surface area (Å²) in [7, 11) is 0. The van der Waals surface area contributed by atoms with Crippen molar-refractivity contribution < 1.29 is 0 Å². The normalized spacial score (nSPS) is 17.6. The second-order valence-electron chi connectivity index (χ2n) is 7.24. The Balaban J connectivity index is 1.66. The van der Waals surface area contributed by atoms with Crippen LogP contribution in [0.1, 0.15) is 61.8 Å². The Morgan fingerprint density at radius 1 is 1.00 bits per heavy atom. The number of hydrogen-bond donors (Lipinski definition) is 1. The molecule has 0 spiro atoms. The fourth-order valence-electron chi connectivity index (χ4n) is 4.19. The van der Waals surface area contributed by atoms with E-state index in [1.165, 1.54) is 53.4 Å². The van der Waals surface area contributed by atoms with Gasteiger partial charge in [0.05, 0.1) is 0 Å². The van der Waals surface area contributed by atoms with Crippen LogP contribution in [-0.2, 0) is 6.42 Å². The number of fused-ring (bicyclic) bond motifs is 1. The lowest BCUT2D eigenvalue weighted by Crippen LogP contribution is -2.05. The summed E-state index contributed by atoms with van der Waals surface area (Å²) < 4.78 is 0. The monoisotopic (exact) mass is 329 g/mol. The predicted molar refractivity (Wildman–Crippen MR) is 108 cm³/mol. The van der Waals surface area contributed by atoms with E-state index in [0.29, 0.717) is 5.92 Å². The van der Waals surface area contributed by atoms with Crippen LogP contribution >= 0.6 is 0 Å². The first kappa shape index (κ1) is 16.2. The second kappa shape index (κ2) is 7.31. The molecule has 0 bridgehead atoms. The van der Waals surface area contributed by atoms with Gasteiger partial charge in [-0.2, -0.15) is 0 Å². The van der Waals surface area contributed by atoms with Crippen molar-refractivity contribution in [2.45, 2.75) is 51.4 Å². The molecular formula is C24H27N. The van der Waals surface area contributed by atoms with Crippen molar-refractivity contribution in [3.05, 3.63) is 77.5 Å². The van der Waals surface area contributed by atoms with Gasteiger partial charge in [-0.25, -0.2) is 0 Å². The largest absolute Gasteiger partial charge is 0.358 e. The third-order valence-electron chi connectivity index (χ3n) is 5.57. The minimum atomic E-state index is 0.675. The lowest BCUT2D eigenvalue weighted by atomic mass is 9.82. The molecular weight excluding hydrogens is 302 g/mol. The first-order valence-electron chi connectivity index (χ1n) is 9.70. The maximum Gasteiger partial charge on any atom is 0.0462 e. The van der Waals surface area contributed by atoms with Gasteiger partial charge in [0, 0.05) is 22.2 Å². The van der Waals surface area contributed by atoms with Gasteiger partial charge in [-0.3, -0.25) is 0 Å². The van der Waals surface area contributed by atoms with Crippen LogP contribution in [0.25, 0.3) is 16.5 Å². The maximum atomic E-state index is 3.70. The molecule has 1 atom stereocenters. The summed E-state index contributed by atoms with van der Waals surface area (Å²) in [5, 5.41) is 1.40. The van der Waals surface area contributed by atoms with Crippen LogP contribution in [0.2, 0.25) is 0 Å². The zero-order chi connectivity index (χ0) is 17.1. The van der Waals surface area contributed by atoms with Crippen LogP contribution in [0, 0.1) is 0 Å².